The normalized spacial score (nSPS) is 14.3. The van der Waals surface area contributed by atoms with Gasteiger partial charge in [0.1, 0.15) is 11.6 Å². The molecule has 0 aliphatic carbocycles. The highest BCUT2D eigenvalue weighted by molar-refractivity contribution is 5.34. The summed E-state index contributed by atoms with van der Waals surface area (Å²) in [7, 11) is 0. The van der Waals surface area contributed by atoms with Crippen molar-refractivity contribution in [3.05, 3.63) is 29.6 Å². The predicted octanol–water partition coefficient (Wildman–Crippen LogP) is 4.40. The van der Waals surface area contributed by atoms with Crippen LogP contribution < -0.4 is 5.32 Å². The maximum Gasteiger partial charge on any atom is 0.126 e. The number of phenols is 1. The number of hydrogen-bond acceptors (Lipinski definition) is 2. The van der Waals surface area contributed by atoms with Gasteiger partial charge in [0, 0.05) is 17.7 Å². The van der Waals surface area contributed by atoms with Crippen LogP contribution in [0.15, 0.2) is 18.2 Å². The first-order valence-electron chi connectivity index (χ1n) is 7.30. The molecule has 0 aromatic heterocycles. The van der Waals surface area contributed by atoms with Crippen molar-refractivity contribution in [1.82, 2.24) is 5.32 Å². The highest BCUT2D eigenvalue weighted by Gasteiger charge is 2.13. The van der Waals surface area contributed by atoms with Crippen LogP contribution >= 0.6 is 0 Å². The summed E-state index contributed by atoms with van der Waals surface area (Å²) in [4.78, 5) is 0. The van der Waals surface area contributed by atoms with Gasteiger partial charge in [0.05, 0.1) is 0 Å². The van der Waals surface area contributed by atoms with Crippen LogP contribution in [0.4, 0.5) is 4.39 Å². The van der Waals surface area contributed by atoms with E-state index < -0.39 is 5.82 Å². The second-order valence-corrected chi connectivity index (χ2v) is 5.25. The van der Waals surface area contributed by atoms with E-state index in [2.05, 4.69) is 19.2 Å². The number of hydrogen-bond donors (Lipinski definition) is 2. The molecule has 0 saturated heterocycles. The van der Waals surface area contributed by atoms with Gasteiger partial charge in [-0.15, -0.1) is 0 Å². The molecule has 108 valence electrons. The SMILES string of the molecule is CCCCC(CC)CNC(C)c1ccc(F)cc1O. The molecule has 2 atom stereocenters. The van der Waals surface area contributed by atoms with Crippen molar-refractivity contribution < 1.29 is 9.50 Å². The quantitative estimate of drug-likeness (QED) is 0.731. The smallest absolute Gasteiger partial charge is 0.126 e. The van der Waals surface area contributed by atoms with Crippen LogP contribution in [-0.4, -0.2) is 11.7 Å². The molecule has 2 nitrogen and oxygen atoms in total. The van der Waals surface area contributed by atoms with Crippen molar-refractivity contribution in [2.45, 2.75) is 52.5 Å². The van der Waals surface area contributed by atoms with Crippen molar-refractivity contribution >= 4 is 0 Å². The van der Waals surface area contributed by atoms with Gasteiger partial charge in [-0.3, -0.25) is 0 Å². The maximum absolute atomic E-state index is 12.9. The fraction of sp³-hybridized carbons (Fsp3) is 0.625. The number of rotatable bonds is 8. The molecule has 2 N–H and O–H groups in total. The Morgan fingerprint density at radius 2 is 2.05 bits per heavy atom. The zero-order chi connectivity index (χ0) is 14.3. The molecule has 2 unspecified atom stereocenters. The third-order valence-electron chi connectivity index (χ3n) is 3.71. The standard InChI is InChI=1S/C16H26FNO/c1-4-6-7-13(5-2)11-18-12(3)15-9-8-14(17)10-16(15)19/h8-10,12-13,18-19H,4-7,11H2,1-3H3. The predicted molar refractivity (Wildman–Crippen MR) is 77.8 cm³/mol. The molecule has 0 saturated carbocycles. The Kier molecular flexibility index (Phi) is 6.85. The summed E-state index contributed by atoms with van der Waals surface area (Å²) in [5.74, 6) is 0.300. The van der Waals surface area contributed by atoms with Gasteiger partial charge in [0.25, 0.3) is 0 Å². The molecule has 3 heteroatoms. The van der Waals surface area contributed by atoms with Gasteiger partial charge in [0.2, 0.25) is 0 Å². The Morgan fingerprint density at radius 1 is 1.32 bits per heavy atom. The first-order chi connectivity index (χ1) is 9.08. The maximum atomic E-state index is 12.9. The van der Waals surface area contributed by atoms with Crippen molar-refractivity contribution in [2.24, 2.45) is 5.92 Å². The van der Waals surface area contributed by atoms with Gasteiger partial charge in [0.15, 0.2) is 0 Å². The molecule has 1 rings (SSSR count). The van der Waals surface area contributed by atoms with E-state index in [9.17, 15) is 9.50 Å². The topological polar surface area (TPSA) is 32.3 Å². The first-order valence-corrected chi connectivity index (χ1v) is 7.30. The molecule has 0 amide bonds. The molecule has 0 radical (unpaired) electrons. The number of benzene rings is 1. The third kappa shape index (κ3) is 5.19. The monoisotopic (exact) mass is 267 g/mol. The number of unbranched alkanes of at least 4 members (excludes halogenated alkanes) is 1. The van der Waals surface area contributed by atoms with E-state index in [1.54, 1.807) is 6.07 Å². The van der Waals surface area contributed by atoms with Crippen LogP contribution in [0.25, 0.3) is 0 Å². The largest absolute Gasteiger partial charge is 0.508 e. The van der Waals surface area contributed by atoms with Crippen LogP contribution in [0.3, 0.4) is 0 Å². The van der Waals surface area contributed by atoms with Gasteiger partial charge in [-0.05, 0) is 31.9 Å². The lowest BCUT2D eigenvalue weighted by atomic mass is 9.98. The fourth-order valence-electron chi connectivity index (χ4n) is 2.28. The average molecular weight is 267 g/mol. The van der Waals surface area contributed by atoms with Gasteiger partial charge < -0.3 is 10.4 Å². The van der Waals surface area contributed by atoms with Gasteiger partial charge in [-0.1, -0.05) is 39.2 Å². The van der Waals surface area contributed by atoms with Gasteiger partial charge in [-0.2, -0.15) is 0 Å². The minimum absolute atomic E-state index is 0.0293. The summed E-state index contributed by atoms with van der Waals surface area (Å²) in [5.41, 5.74) is 0.756. The Labute approximate surface area is 116 Å². The van der Waals surface area contributed by atoms with E-state index in [1.807, 2.05) is 6.92 Å². The van der Waals surface area contributed by atoms with Crippen LogP contribution in [0.1, 0.15) is 58.1 Å². The van der Waals surface area contributed by atoms with Crippen molar-refractivity contribution in [3.63, 3.8) is 0 Å². The molecule has 1 aromatic carbocycles. The molecule has 0 spiro atoms. The second kappa shape index (κ2) is 8.16. The Bertz CT molecular complexity index is 381. The number of phenolic OH excluding ortho intramolecular Hbond substituents is 1. The highest BCUT2D eigenvalue weighted by Crippen LogP contribution is 2.25. The first kappa shape index (κ1) is 16.0. The summed E-state index contributed by atoms with van der Waals surface area (Å²) in [6.45, 7) is 7.36. The van der Waals surface area contributed by atoms with Crippen molar-refractivity contribution in [3.8, 4) is 5.75 Å². The molecule has 0 aliphatic rings. The summed E-state index contributed by atoms with van der Waals surface area (Å²) < 4.78 is 12.9. The van der Waals surface area contributed by atoms with Crippen molar-refractivity contribution in [1.29, 1.82) is 0 Å². The number of aromatic hydroxyl groups is 1. The Hall–Kier alpha value is -1.09. The highest BCUT2D eigenvalue weighted by atomic mass is 19.1. The summed E-state index contributed by atoms with van der Waals surface area (Å²) in [6.07, 6.45) is 4.89. The van der Waals surface area contributed by atoms with E-state index in [0.29, 0.717) is 5.92 Å². The number of halogens is 1. The molecular formula is C16H26FNO. The summed E-state index contributed by atoms with van der Waals surface area (Å²) in [5, 5.41) is 13.2. The Balaban J connectivity index is 2.51. The molecule has 19 heavy (non-hydrogen) atoms. The molecule has 0 bridgehead atoms. The zero-order valence-electron chi connectivity index (χ0n) is 12.2. The second-order valence-electron chi connectivity index (χ2n) is 5.25. The number of nitrogens with one attached hydrogen (secondary N) is 1. The van der Waals surface area contributed by atoms with Gasteiger partial charge in [-0.25, -0.2) is 4.39 Å². The average Bonchev–Trinajstić information content (AvgIpc) is 2.38. The van der Waals surface area contributed by atoms with Gasteiger partial charge >= 0.3 is 0 Å². The van der Waals surface area contributed by atoms with E-state index in [4.69, 9.17) is 0 Å². The van der Waals surface area contributed by atoms with Crippen LogP contribution in [0.2, 0.25) is 0 Å². The molecular weight excluding hydrogens is 241 g/mol. The Morgan fingerprint density at radius 3 is 2.63 bits per heavy atom. The summed E-state index contributed by atoms with van der Waals surface area (Å²) >= 11 is 0. The molecule has 0 heterocycles. The van der Waals surface area contributed by atoms with Crippen LogP contribution in [0, 0.1) is 11.7 Å². The lowest BCUT2D eigenvalue weighted by Crippen LogP contribution is -2.25. The minimum Gasteiger partial charge on any atom is -0.508 e. The molecule has 0 aliphatic heterocycles. The molecule has 0 fully saturated rings. The van der Waals surface area contributed by atoms with Crippen molar-refractivity contribution in [2.75, 3.05) is 6.54 Å². The third-order valence-corrected chi connectivity index (χ3v) is 3.71. The zero-order valence-corrected chi connectivity index (χ0v) is 12.2. The molecule has 1 aromatic rings. The van der Waals surface area contributed by atoms with E-state index >= 15 is 0 Å². The lowest BCUT2D eigenvalue weighted by molar-refractivity contribution is 0.390. The van der Waals surface area contributed by atoms with E-state index in [-0.39, 0.29) is 11.8 Å². The fourth-order valence-corrected chi connectivity index (χ4v) is 2.28. The lowest BCUT2D eigenvalue weighted by Gasteiger charge is -2.20. The van der Waals surface area contributed by atoms with Crippen LogP contribution in [-0.2, 0) is 0 Å². The summed E-state index contributed by atoms with van der Waals surface area (Å²) in [6, 6.07) is 4.25. The van der Waals surface area contributed by atoms with E-state index in [0.717, 1.165) is 18.5 Å². The van der Waals surface area contributed by atoms with E-state index in [1.165, 1.54) is 31.4 Å². The van der Waals surface area contributed by atoms with Crippen LogP contribution in [0.5, 0.6) is 5.75 Å². The minimum atomic E-state index is -0.400.